The van der Waals surface area contributed by atoms with Crippen molar-refractivity contribution in [3.8, 4) is 0 Å². The van der Waals surface area contributed by atoms with Gasteiger partial charge in [0, 0.05) is 13.1 Å². The summed E-state index contributed by atoms with van der Waals surface area (Å²) >= 11 is 0. The average Bonchev–Trinajstić information content (AvgIpc) is 2.34. The van der Waals surface area contributed by atoms with Crippen molar-refractivity contribution in [3.63, 3.8) is 0 Å². The zero-order chi connectivity index (χ0) is 14.3. The number of hydrogen-bond acceptors (Lipinski definition) is 3. The minimum Gasteiger partial charge on any atom is -0.480 e. The smallest absolute Gasteiger partial charge is 0.323 e. The zero-order valence-corrected chi connectivity index (χ0v) is 12.7. The van der Waals surface area contributed by atoms with E-state index in [2.05, 4.69) is 24.1 Å². The van der Waals surface area contributed by atoms with Crippen molar-refractivity contribution in [3.05, 3.63) is 0 Å². The Morgan fingerprint density at radius 2 is 2.11 bits per heavy atom. The Morgan fingerprint density at radius 1 is 1.42 bits per heavy atom. The SMILES string of the molecule is CCCNC(C)(CCN(CC)CC1CCC1)C(=O)O. The van der Waals surface area contributed by atoms with Crippen LogP contribution in [0.5, 0.6) is 0 Å². The van der Waals surface area contributed by atoms with Gasteiger partial charge in [0.15, 0.2) is 0 Å². The van der Waals surface area contributed by atoms with Crippen molar-refractivity contribution in [1.82, 2.24) is 10.2 Å². The van der Waals surface area contributed by atoms with E-state index in [0.29, 0.717) is 6.42 Å². The molecule has 112 valence electrons. The molecule has 1 atom stereocenters. The van der Waals surface area contributed by atoms with Crippen molar-refractivity contribution in [1.29, 1.82) is 0 Å². The molecular formula is C15H30N2O2. The van der Waals surface area contributed by atoms with Gasteiger partial charge in [0.25, 0.3) is 0 Å². The maximum absolute atomic E-state index is 11.4. The van der Waals surface area contributed by atoms with E-state index in [9.17, 15) is 9.90 Å². The van der Waals surface area contributed by atoms with Crippen molar-refractivity contribution in [2.24, 2.45) is 5.92 Å². The second kappa shape index (κ2) is 7.85. The van der Waals surface area contributed by atoms with E-state index in [1.165, 1.54) is 19.3 Å². The molecule has 0 aromatic rings. The summed E-state index contributed by atoms with van der Waals surface area (Å²) in [5.74, 6) is 0.111. The van der Waals surface area contributed by atoms with Crippen LogP contribution >= 0.6 is 0 Å². The highest BCUT2D eigenvalue weighted by Crippen LogP contribution is 2.27. The Labute approximate surface area is 117 Å². The number of hydrogen-bond donors (Lipinski definition) is 2. The molecule has 0 aromatic carbocycles. The fourth-order valence-electron chi connectivity index (χ4n) is 2.47. The Kier molecular flexibility index (Phi) is 6.80. The molecule has 0 aliphatic heterocycles. The number of nitrogens with zero attached hydrogens (tertiary/aromatic N) is 1. The average molecular weight is 270 g/mol. The molecule has 0 radical (unpaired) electrons. The van der Waals surface area contributed by atoms with E-state index >= 15 is 0 Å². The second-order valence-corrected chi connectivity index (χ2v) is 6.00. The van der Waals surface area contributed by atoms with Gasteiger partial charge in [-0.05, 0) is 51.6 Å². The Balaban J connectivity index is 2.41. The van der Waals surface area contributed by atoms with E-state index in [1.807, 2.05) is 6.92 Å². The predicted octanol–water partition coefficient (Wildman–Crippen LogP) is 2.34. The summed E-state index contributed by atoms with van der Waals surface area (Å²) in [7, 11) is 0. The highest BCUT2D eigenvalue weighted by molar-refractivity contribution is 5.78. The van der Waals surface area contributed by atoms with E-state index in [0.717, 1.165) is 38.5 Å². The molecule has 0 spiro atoms. The number of carbonyl (C=O) groups is 1. The number of nitrogens with one attached hydrogen (secondary N) is 1. The molecule has 0 bridgehead atoms. The lowest BCUT2D eigenvalue weighted by molar-refractivity contribution is -0.144. The van der Waals surface area contributed by atoms with Gasteiger partial charge in [-0.2, -0.15) is 0 Å². The first-order valence-corrected chi connectivity index (χ1v) is 7.72. The first-order valence-electron chi connectivity index (χ1n) is 7.72. The van der Waals surface area contributed by atoms with Gasteiger partial charge < -0.3 is 15.3 Å². The normalized spacial score (nSPS) is 19.2. The molecule has 0 aromatic heterocycles. The molecule has 1 rings (SSSR count). The summed E-state index contributed by atoms with van der Waals surface area (Å²) < 4.78 is 0. The Morgan fingerprint density at radius 3 is 2.53 bits per heavy atom. The summed E-state index contributed by atoms with van der Waals surface area (Å²) in [4.78, 5) is 13.8. The van der Waals surface area contributed by atoms with Crippen molar-refractivity contribution >= 4 is 5.97 Å². The molecule has 4 nitrogen and oxygen atoms in total. The molecule has 0 heterocycles. The molecule has 19 heavy (non-hydrogen) atoms. The first kappa shape index (κ1) is 16.4. The standard InChI is InChI=1S/C15H30N2O2/c1-4-10-16-15(3,14(18)19)9-11-17(5-2)12-13-7-6-8-13/h13,16H,4-12H2,1-3H3,(H,18,19). The summed E-state index contributed by atoms with van der Waals surface area (Å²) in [6.07, 6.45) is 5.69. The maximum atomic E-state index is 11.4. The lowest BCUT2D eigenvalue weighted by Gasteiger charge is -2.34. The molecular weight excluding hydrogens is 240 g/mol. The second-order valence-electron chi connectivity index (χ2n) is 6.00. The van der Waals surface area contributed by atoms with Gasteiger partial charge in [0.2, 0.25) is 0 Å². The van der Waals surface area contributed by atoms with Gasteiger partial charge >= 0.3 is 5.97 Å². The van der Waals surface area contributed by atoms with Crippen LogP contribution in [-0.2, 0) is 4.79 Å². The summed E-state index contributed by atoms with van der Waals surface area (Å²) in [5.41, 5.74) is -0.789. The van der Waals surface area contributed by atoms with Gasteiger partial charge in [0.1, 0.15) is 5.54 Å². The van der Waals surface area contributed by atoms with E-state index in [1.54, 1.807) is 0 Å². The minimum atomic E-state index is -0.789. The van der Waals surface area contributed by atoms with E-state index in [-0.39, 0.29) is 0 Å². The fraction of sp³-hybridized carbons (Fsp3) is 0.933. The molecule has 1 saturated carbocycles. The van der Waals surface area contributed by atoms with Gasteiger partial charge in [-0.3, -0.25) is 4.79 Å². The summed E-state index contributed by atoms with van der Waals surface area (Å²) in [6.45, 7) is 9.81. The highest BCUT2D eigenvalue weighted by atomic mass is 16.4. The summed E-state index contributed by atoms with van der Waals surface area (Å²) in [6, 6.07) is 0. The number of carboxylic acids is 1. The number of carboxylic acid groups (broad SMARTS) is 1. The van der Waals surface area contributed by atoms with Crippen LogP contribution in [0, 0.1) is 5.92 Å². The van der Waals surface area contributed by atoms with Crippen molar-refractivity contribution in [2.75, 3.05) is 26.2 Å². The zero-order valence-electron chi connectivity index (χ0n) is 12.7. The largest absolute Gasteiger partial charge is 0.480 e. The highest BCUT2D eigenvalue weighted by Gasteiger charge is 2.32. The predicted molar refractivity (Wildman–Crippen MR) is 78.4 cm³/mol. The lowest BCUT2D eigenvalue weighted by Crippen LogP contribution is -2.52. The third kappa shape index (κ3) is 5.11. The Hall–Kier alpha value is -0.610. The molecule has 1 fully saturated rings. The van der Waals surface area contributed by atoms with E-state index < -0.39 is 11.5 Å². The molecule has 0 saturated heterocycles. The van der Waals surface area contributed by atoms with Crippen LogP contribution in [0.3, 0.4) is 0 Å². The van der Waals surface area contributed by atoms with Crippen LogP contribution in [0.25, 0.3) is 0 Å². The summed E-state index contributed by atoms with van der Waals surface area (Å²) in [5, 5.41) is 12.6. The van der Waals surface area contributed by atoms with Crippen LogP contribution in [0.4, 0.5) is 0 Å². The monoisotopic (exact) mass is 270 g/mol. The van der Waals surface area contributed by atoms with Crippen LogP contribution in [0.2, 0.25) is 0 Å². The van der Waals surface area contributed by atoms with Crippen LogP contribution < -0.4 is 5.32 Å². The van der Waals surface area contributed by atoms with Gasteiger partial charge in [-0.1, -0.05) is 20.3 Å². The van der Waals surface area contributed by atoms with Crippen LogP contribution in [0.1, 0.15) is 52.9 Å². The number of aliphatic carboxylic acids is 1. The third-order valence-electron chi connectivity index (χ3n) is 4.35. The molecule has 1 aliphatic carbocycles. The molecule has 0 amide bonds. The molecule has 1 unspecified atom stereocenters. The lowest BCUT2D eigenvalue weighted by atomic mass is 9.85. The van der Waals surface area contributed by atoms with Crippen molar-refractivity contribution in [2.45, 2.75) is 58.4 Å². The van der Waals surface area contributed by atoms with Crippen LogP contribution in [0.15, 0.2) is 0 Å². The van der Waals surface area contributed by atoms with E-state index in [4.69, 9.17) is 0 Å². The van der Waals surface area contributed by atoms with Gasteiger partial charge in [-0.15, -0.1) is 0 Å². The van der Waals surface area contributed by atoms with Gasteiger partial charge in [0.05, 0.1) is 0 Å². The molecule has 4 heteroatoms. The Bertz CT molecular complexity index is 279. The molecule has 2 N–H and O–H groups in total. The molecule has 1 aliphatic rings. The maximum Gasteiger partial charge on any atom is 0.323 e. The van der Waals surface area contributed by atoms with Crippen LogP contribution in [-0.4, -0.2) is 47.7 Å². The topological polar surface area (TPSA) is 52.6 Å². The minimum absolute atomic E-state index is 0.670. The van der Waals surface area contributed by atoms with Crippen molar-refractivity contribution < 1.29 is 9.90 Å². The first-order chi connectivity index (χ1) is 9.01. The van der Waals surface area contributed by atoms with Gasteiger partial charge in [-0.25, -0.2) is 0 Å². The quantitative estimate of drug-likeness (QED) is 0.640. The number of rotatable bonds is 10. The fourth-order valence-corrected chi connectivity index (χ4v) is 2.47. The third-order valence-corrected chi connectivity index (χ3v) is 4.35.